The Morgan fingerprint density at radius 2 is 1.76 bits per heavy atom. The molecule has 9 nitrogen and oxygen atoms in total. The molecule has 2 aromatic carbocycles. The molecule has 1 aromatic heterocycles. The minimum absolute atomic E-state index is 0.0284. The fraction of sp³-hybridized carbons (Fsp3) is 0.370. The molecule has 37 heavy (non-hydrogen) atoms. The number of para-hydroxylation sites is 1. The van der Waals surface area contributed by atoms with Crippen LogP contribution in [0.15, 0.2) is 70.0 Å². The van der Waals surface area contributed by atoms with Crippen LogP contribution < -0.4 is 10.6 Å². The molecule has 0 saturated carbocycles. The highest BCUT2D eigenvalue weighted by molar-refractivity contribution is 7.89. The molecule has 10 heteroatoms. The molecular formula is C27H31N3O6S. The van der Waals surface area contributed by atoms with Crippen molar-refractivity contribution in [1.82, 2.24) is 14.9 Å². The van der Waals surface area contributed by atoms with Crippen LogP contribution in [0.2, 0.25) is 0 Å². The number of carbonyl (C=O) groups excluding carboxylic acids is 3. The fourth-order valence-corrected chi connectivity index (χ4v) is 5.98. The Hall–Kier alpha value is -3.50. The lowest BCUT2D eigenvalue weighted by Gasteiger charge is -2.30. The zero-order valence-corrected chi connectivity index (χ0v) is 21.7. The normalized spacial score (nSPS) is 17.9. The van der Waals surface area contributed by atoms with Crippen LogP contribution in [0.5, 0.6) is 0 Å². The van der Waals surface area contributed by atoms with E-state index in [1.807, 2.05) is 26.0 Å². The first-order valence-electron chi connectivity index (χ1n) is 12.4. The molecule has 0 aliphatic carbocycles. The molecule has 3 aromatic rings. The van der Waals surface area contributed by atoms with Crippen molar-refractivity contribution < 1.29 is 27.2 Å². The van der Waals surface area contributed by atoms with Gasteiger partial charge in [0.05, 0.1) is 4.90 Å². The molecule has 1 saturated heterocycles. The zero-order chi connectivity index (χ0) is 26.6. The van der Waals surface area contributed by atoms with Gasteiger partial charge < -0.3 is 15.1 Å². The summed E-state index contributed by atoms with van der Waals surface area (Å²) in [5.74, 6) is -1.51. The van der Waals surface area contributed by atoms with Gasteiger partial charge >= 0.3 is 0 Å². The second kappa shape index (κ2) is 11.3. The van der Waals surface area contributed by atoms with Crippen molar-refractivity contribution >= 4 is 38.6 Å². The van der Waals surface area contributed by atoms with Crippen molar-refractivity contribution in [1.29, 1.82) is 0 Å². The largest absolute Gasteiger partial charge is 0.451 e. The molecule has 4 rings (SSSR count). The Labute approximate surface area is 216 Å². The van der Waals surface area contributed by atoms with Crippen LogP contribution in [0.3, 0.4) is 0 Å². The summed E-state index contributed by atoms with van der Waals surface area (Å²) in [7, 11) is -4.05. The molecule has 1 aliphatic heterocycles. The van der Waals surface area contributed by atoms with E-state index in [4.69, 9.17) is 4.42 Å². The SMILES string of the molecule is CC(C)CC(NC(=O)c1cc2ccccc2o1)C(=O)N[C@@H]1C(=O)CCCCN1S(=O)(=O)c1ccccc1. The lowest BCUT2D eigenvalue weighted by Crippen LogP contribution is -2.58. The van der Waals surface area contributed by atoms with Crippen LogP contribution in [-0.4, -0.2) is 49.1 Å². The summed E-state index contributed by atoms with van der Waals surface area (Å²) < 4.78 is 33.5. The van der Waals surface area contributed by atoms with E-state index in [-0.39, 0.29) is 36.0 Å². The quantitative estimate of drug-likeness (QED) is 0.464. The highest BCUT2D eigenvalue weighted by Crippen LogP contribution is 2.23. The van der Waals surface area contributed by atoms with Crippen LogP contribution in [0.1, 0.15) is 50.1 Å². The third kappa shape index (κ3) is 6.08. The number of hydrogen-bond acceptors (Lipinski definition) is 6. The maximum absolute atomic E-state index is 13.4. The van der Waals surface area contributed by atoms with Crippen molar-refractivity contribution in [2.45, 2.75) is 56.6 Å². The van der Waals surface area contributed by atoms with Crippen LogP contribution in [-0.2, 0) is 19.6 Å². The molecule has 0 spiro atoms. The number of amides is 2. The Morgan fingerprint density at radius 3 is 2.46 bits per heavy atom. The highest BCUT2D eigenvalue weighted by Gasteiger charge is 2.39. The smallest absolute Gasteiger partial charge is 0.287 e. The molecule has 2 atom stereocenters. The molecule has 196 valence electrons. The molecule has 1 fully saturated rings. The second-order valence-electron chi connectivity index (χ2n) is 9.57. The average molecular weight is 526 g/mol. The summed E-state index contributed by atoms with van der Waals surface area (Å²) in [5.41, 5.74) is 0.545. The Kier molecular flexibility index (Phi) is 8.09. The molecule has 2 amide bonds. The number of nitrogens with zero attached hydrogens (tertiary/aromatic N) is 1. The molecular weight excluding hydrogens is 494 g/mol. The molecule has 1 unspecified atom stereocenters. The number of nitrogens with one attached hydrogen (secondary N) is 2. The van der Waals surface area contributed by atoms with E-state index in [1.54, 1.807) is 36.4 Å². The van der Waals surface area contributed by atoms with Gasteiger partial charge in [0, 0.05) is 18.4 Å². The zero-order valence-electron chi connectivity index (χ0n) is 20.8. The van der Waals surface area contributed by atoms with Gasteiger partial charge in [0.1, 0.15) is 11.6 Å². The summed E-state index contributed by atoms with van der Waals surface area (Å²) >= 11 is 0. The van der Waals surface area contributed by atoms with Crippen molar-refractivity contribution in [2.75, 3.05) is 6.54 Å². The Bertz CT molecular complexity index is 1350. The van der Waals surface area contributed by atoms with E-state index < -0.39 is 39.8 Å². The van der Waals surface area contributed by atoms with Gasteiger partial charge in [-0.05, 0) is 49.4 Å². The number of benzene rings is 2. The van der Waals surface area contributed by atoms with Gasteiger partial charge in [0.15, 0.2) is 17.7 Å². The van der Waals surface area contributed by atoms with E-state index in [1.165, 1.54) is 12.1 Å². The number of fused-ring (bicyclic) bond motifs is 1. The maximum Gasteiger partial charge on any atom is 0.287 e. The first-order valence-corrected chi connectivity index (χ1v) is 13.8. The van der Waals surface area contributed by atoms with Crippen molar-refractivity contribution in [2.24, 2.45) is 5.92 Å². The van der Waals surface area contributed by atoms with Gasteiger partial charge in [-0.15, -0.1) is 0 Å². The first kappa shape index (κ1) is 26.6. The minimum atomic E-state index is -4.05. The molecule has 2 heterocycles. The second-order valence-corrected chi connectivity index (χ2v) is 11.5. The van der Waals surface area contributed by atoms with Crippen LogP contribution in [0.4, 0.5) is 0 Å². The summed E-state index contributed by atoms with van der Waals surface area (Å²) in [6.07, 6.45) is 0.0702. The van der Waals surface area contributed by atoms with Gasteiger partial charge in [-0.2, -0.15) is 4.31 Å². The number of ketones is 1. The number of Topliss-reactive ketones (excluding diaryl/α,β-unsaturated/α-hetero) is 1. The number of furan rings is 1. The predicted octanol–water partition coefficient (Wildman–Crippen LogP) is 3.46. The summed E-state index contributed by atoms with van der Waals surface area (Å²) in [6.45, 7) is 3.89. The monoisotopic (exact) mass is 525 g/mol. The summed E-state index contributed by atoms with van der Waals surface area (Å²) in [5, 5.41) is 6.10. The van der Waals surface area contributed by atoms with E-state index in [2.05, 4.69) is 10.6 Å². The third-order valence-electron chi connectivity index (χ3n) is 6.25. The highest BCUT2D eigenvalue weighted by atomic mass is 32.2. The van der Waals surface area contributed by atoms with Gasteiger partial charge in [-0.1, -0.05) is 50.2 Å². The number of carbonyl (C=O) groups is 3. The van der Waals surface area contributed by atoms with E-state index in [9.17, 15) is 22.8 Å². The topological polar surface area (TPSA) is 126 Å². The van der Waals surface area contributed by atoms with Crippen molar-refractivity contribution in [3.63, 3.8) is 0 Å². The van der Waals surface area contributed by atoms with E-state index in [0.29, 0.717) is 18.4 Å². The Morgan fingerprint density at radius 1 is 1.05 bits per heavy atom. The summed E-state index contributed by atoms with van der Waals surface area (Å²) in [6, 6.07) is 15.6. The van der Waals surface area contributed by atoms with Crippen molar-refractivity contribution in [3.8, 4) is 0 Å². The maximum atomic E-state index is 13.4. The Balaban J connectivity index is 1.57. The first-order chi connectivity index (χ1) is 17.7. The number of hydrogen-bond donors (Lipinski definition) is 2. The molecule has 1 aliphatic rings. The average Bonchev–Trinajstić information content (AvgIpc) is 3.23. The third-order valence-corrected chi connectivity index (χ3v) is 8.13. The number of rotatable bonds is 8. The van der Waals surface area contributed by atoms with E-state index >= 15 is 0 Å². The lowest BCUT2D eigenvalue weighted by molar-refractivity contribution is -0.131. The lowest BCUT2D eigenvalue weighted by atomic mass is 10.0. The van der Waals surface area contributed by atoms with Gasteiger partial charge in [-0.25, -0.2) is 8.42 Å². The minimum Gasteiger partial charge on any atom is -0.451 e. The van der Waals surface area contributed by atoms with E-state index in [0.717, 1.165) is 9.69 Å². The number of sulfonamides is 1. The van der Waals surface area contributed by atoms with Gasteiger partial charge in [0.2, 0.25) is 15.9 Å². The predicted molar refractivity (Wildman–Crippen MR) is 138 cm³/mol. The van der Waals surface area contributed by atoms with Gasteiger partial charge in [-0.3, -0.25) is 14.4 Å². The van der Waals surface area contributed by atoms with Crippen LogP contribution in [0, 0.1) is 5.92 Å². The standard InChI is InChI=1S/C27H31N3O6S/c1-18(2)16-21(28-27(33)24-17-19-10-6-7-14-23(19)36-24)26(32)29-25-22(31)13-8-9-15-30(25)37(34,35)20-11-4-3-5-12-20/h3-7,10-12,14,17-18,21,25H,8-9,13,15-16H2,1-2H3,(H,28,33)(H,29,32)/t21?,25-/m0/s1. The van der Waals surface area contributed by atoms with Gasteiger partial charge in [0.25, 0.3) is 5.91 Å². The summed E-state index contributed by atoms with van der Waals surface area (Å²) in [4.78, 5) is 39.4. The van der Waals surface area contributed by atoms with Crippen molar-refractivity contribution in [3.05, 3.63) is 66.4 Å². The molecule has 2 N–H and O–H groups in total. The fourth-order valence-electron chi connectivity index (χ4n) is 4.39. The molecule has 0 bridgehead atoms. The van der Waals surface area contributed by atoms with Crippen LogP contribution >= 0.6 is 0 Å². The van der Waals surface area contributed by atoms with Crippen LogP contribution in [0.25, 0.3) is 11.0 Å². The molecule has 0 radical (unpaired) electrons.